The maximum absolute atomic E-state index is 12.6. The third-order valence-corrected chi connectivity index (χ3v) is 11.0. The molecule has 56 heavy (non-hydrogen) atoms. The van der Waals surface area contributed by atoms with Gasteiger partial charge in [0.2, 0.25) is 0 Å². The fourth-order valence-corrected chi connectivity index (χ4v) is 8.17. The summed E-state index contributed by atoms with van der Waals surface area (Å²) in [5.41, 5.74) is 13.5. The standard InChI is InChI=1S/C51H36N4O/c1-54-46-29-28-37(31-47(46)55(2)51(54)56)33-24-26-35(27-25-33)48-40-20-9-11-22-42(40)49(43-23-12-10-21-41(43)48)39-19-13-18-38(30-39)45-32-44(34-14-5-3-6-15-34)52-50(53-45)36-16-7-4-8-17-36/h3-32H,1-2H3. The maximum Gasteiger partial charge on any atom is 0.328 e. The number of nitrogens with zero attached hydrogens (tertiary/aromatic N) is 4. The van der Waals surface area contributed by atoms with Crippen LogP contribution in [0.25, 0.3) is 99.9 Å². The lowest BCUT2D eigenvalue weighted by Crippen LogP contribution is -2.19. The SMILES string of the molecule is Cn1c(=O)n(C)c2cc(-c3ccc(-c4c5ccccc5c(-c5cccc(-c6cc(-c7ccccc7)nc(-c7ccccc7)n6)c5)c5ccccc45)cc3)ccc21. The monoisotopic (exact) mass is 720 g/mol. The molecule has 0 unspecified atom stereocenters. The molecule has 266 valence electrons. The van der Waals surface area contributed by atoms with E-state index in [2.05, 4.69) is 140 Å². The molecular formula is C51H36N4O. The first kappa shape index (κ1) is 33.2. The summed E-state index contributed by atoms with van der Waals surface area (Å²) in [5, 5.41) is 4.77. The molecule has 0 spiro atoms. The zero-order valence-electron chi connectivity index (χ0n) is 31.0. The predicted molar refractivity (Wildman–Crippen MR) is 231 cm³/mol. The van der Waals surface area contributed by atoms with E-state index in [1.54, 1.807) is 9.13 Å². The lowest BCUT2D eigenvalue weighted by atomic mass is 9.85. The first-order valence-electron chi connectivity index (χ1n) is 18.8. The maximum atomic E-state index is 12.6. The second kappa shape index (κ2) is 13.5. The average molecular weight is 721 g/mol. The van der Waals surface area contributed by atoms with Crippen LogP contribution < -0.4 is 5.69 Å². The molecule has 0 radical (unpaired) electrons. The molecule has 0 atom stereocenters. The largest absolute Gasteiger partial charge is 0.328 e. The number of aromatic nitrogens is 4. The number of aryl methyl sites for hydroxylation is 2. The van der Waals surface area contributed by atoms with Gasteiger partial charge in [0.25, 0.3) is 0 Å². The smallest absolute Gasteiger partial charge is 0.295 e. The van der Waals surface area contributed by atoms with Crippen LogP contribution in [0.3, 0.4) is 0 Å². The van der Waals surface area contributed by atoms with Crippen molar-refractivity contribution in [3.05, 3.63) is 192 Å². The van der Waals surface area contributed by atoms with E-state index < -0.39 is 0 Å². The van der Waals surface area contributed by atoms with Crippen molar-refractivity contribution in [2.24, 2.45) is 14.1 Å². The minimum absolute atomic E-state index is 0.0233. The van der Waals surface area contributed by atoms with Gasteiger partial charge in [0.1, 0.15) is 0 Å². The van der Waals surface area contributed by atoms with E-state index in [0.717, 1.165) is 61.4 Å². The van der Waals surface area contributed by atoms with Crippen molar-refractivity contribution in [2.45, 2.75) is 0 Å². The zero-order valence-corrected chi connectivity index (χ0v) is 31.0. The molecule has 0 amide bonds. The highest BCUT2D eigenvalue weighted by Gasteiger charge is 2.18. The Morgan fingerprint density at radius 2 is 0.821 bits per heavy atom. The number of imidazole rings is 1. The highest BCUT2D eigenvalue weighted by molar-refractivity contribution is 6.21. The van der Waals surface area contributed by atoms with Crippen molar-refractivity contribution in [1.82, 2.24) is 19.1 Å². The molecule has 10 aromatic rings. The van der Waals surface area contributed by atoms with Crippen molar-refractivity contribution < 1.29 is 0 Å². The van der Waals surface area contributed by atoms with Crippen molar-refractivity contribution in [3.8, 4) is 67.3 Å². The van der Waals surface area contributed by atoms with Crippen LogP contribution in [0.2, 0.25) is 0 Å². The van der Waals surface area contributed by atoms with Gasteiger partial charge in [0.15, 0.2) is 5.82 Å². The molecular weight excluding hydrogens is 685 g/mol. The molecule has 0 N–H and O–H groups in total. The minimum atomic E-state index is -0.0233. The van der Waals surface area contributed by atoms with E-state index in [0.29, 0.717) is 5.82 Å². The van der Waals surface area contributed by atoms with Crippen LogP contribution in [-0.2, 0) is 14.1 Å². The summed E-state index contributed by atoms with van der Waals surface area (Å²) in [6, 6.07) is 63.9. The number of benzene rings is 8. The molecule has 10 rings (SSSR count). The molecule has 5 heteroatoms. The summed E-state index contributed by atoms with van der Waals surface area (Å²) in [5.74, 6) is 0.699. The lowest BCUT2D eigenvalue weighted by Gasteiger charge is -2.18. The Morgan fingerprint density at radius 3 is 1.45 bits per heavy atom. The van der Waals surface area contributed by atoms with Gasteiger partial charge in [-0.2, -0.15) is 0 Å². The Morgan fingerprint density at radius 1 is 0.357 bits per heavy atom. The minimum Gasteiger partial charge on any atom is -0.295 e. The van der Waals surface area contributed by atoms with E-state index in [-0.39, 0.29) is 5.69 Å². The number of fused-ring (bicyclic) bond motifs is 3. The van der Waals surface area contributed by atoms with Gasteiger partial charge in [0, 0.05) is 30.8 Å². The normalized spacial score (nSPS) is 11.5. The molecule has 0 aliphatic rings. The first-order chi connectivity index (χ1) is 27.5. The Bertz CT molecular complexity index is 3050. The van der Waals surface area contributed by atoms with Gasteiger partial charge in [-0.1, -0.05) is 158 Å². The molecule has 0 saturated heterocycles. The van der Waals surface area contributed by atoms with Gasteiger partial charge in [-0.05, 0) is 79.2 Å². The summed E-state index contributed by atoms with van der Waals surface area (Å²) in [6.07, 6.45) is 0. The second-order valence-electron chi connectivity index (χ2n) is 14.3. The summed E-state index contributed by atoms with van der Waals surface area (Å²) >= 11 is 0. The van der Waals surface area contributed by atoms with Gasteiger partial charge < -0.3 is 0 Å². The Balaban J connectivity index is 1.11. The zero-order chi connectivity index (χ0) is 37.8. The Hall–Kier alpha value is -7.37. The van der Waals surface area contributed by atoms with Gasteiger partial charge in [0.05, 0.1) is 22.4 Å². The van der Waals surface area contributed by atoms with Crippen LogP contribution in [0.1, 0.15) is 0 Å². The lowest BCUT2D eigenvalue weighted by molar-refractivity contribution is 0.795. The van der Waals surface area contributed by atoms with E-state index >= 15 is 0 Å². The van der Waals surface area contributed by atoms with Crippen molar-refractivity contribution in [3.63, 3.8) is 0 Å². The predicted octanol–water partition coefficient (Wildman–Crippen LogP) is 12.0. The number of hydrogen-bond acceptors (Lipinski definition) is 3. The molecule has 0 fully saturated rings. The van der Waals surface area contributed by atoms with Gasteiger partial charge >= 0.3 is 5.69 Å². The molecule has 5 nitrogen and oxygen atoms in total. The fourth-order valence-electron chi connectivity index (χ4n) is 8.17. The Kier molecular flexibility index (Phi) is 8.00. The third kappa shape index (κ3) is 5.60. The summed E-state index contributed by atoms with van der Waals surface area (Å²) in [6.45, 7) is 0. The number of hydrogen-bond donors (Lipinski definition) is 0. The van der Waals surface area contributed by atoms with Crippen LogP contribution in [-0.4, -0.2) is 19.1 Å². The van der Waals surface area contributed by atoms with E-state index in [9.17, 15) is 4.79 Å². The van der Waals surface area contributed by atoms with Crippen LogP contribution in [0, 0.1) is 0 Å². The van der Waals surface area contributed by atoms with E-state index in [4.69, 9.17) is 9.97 Å². The van der Waals surface area contributed by atoms with E-state index in [1.165, 1.54) is 32.7 Å². The van der Waals surface area contributed by atoms with Crippen LogP contribution in [0.5, 0.6) is 0 Å². The second-order valence-corrected chi connectivity index (χ2v) is 14.3. The molecule has 0 aliphatic heterocycles. The molecule has 0 saturated carbocycles. The van der Waals surface area contributed by atoms with Crippen LogP contribution >= 0.6 is 0 Å². The van der Waals surface area contributed by atoms with Crippen LogP contribution in [0.4, 0.5) is 0 Å². The quantitative estimate of drug-likeness (QED) is 0.161. The highest BCUT2D eigenvalue weighted by Crippen LogP contribution is 2.44. The molecule has 0 aliphatic carbocycles. The molecule has 2 aromatic heterocycles. The summed E-state index contributed by atoms with van der Waals surface area (Å²) < 4.78 is 3.40. The third-order valence-electron chi connectivity index (χ3n) is 11.0. The number of rotatable bonds is 6. The molecule has 0 bridgehead atoms. The van der Waals surface area contributed by atoms with Crippen molar-refractivity contribution >= 4 is 32.6 Å². The van der Waals surface area contributed by atoms with Crippen molar-refractivity contribution in [2.75, 3.05) is 0 Å². The topological polar surface area (TPSA) is 52.7 Å². The average Bonchev–Trinajstić information content (AvgIpc) is 3.48. The first-order valence-corrected chi connectivity index (χ1v) is 18.8. The van der Waals surface area contributed by atoms with Crippen molar-refractivity contribution in [1.29, 1.82) is 0 Å². The van der Waals surface area contributed by atoms with Gasteiger partial charge in [-0.15, -0.1) is 0 Å². The van der Waals surface area contributed by atoms with Crippen LogP contribution in [0.15, 0.2) is 187 Å². The molecule has 2 heterocycles. The highest BCUT2D eigenvalue weighted by atomic mass is 16.1. The van der Waals surface area contributed by atoms with E-state index in [1.807, 2.05) is 56.6 Å². The summed E-state index contributed by atoms with van der Waals surface area (Å²) in [4.78, 5) is 22.7. The fraction of sp³-hybridized carbons (Fsp3) is 0.0392. The van der Waals surface area contributed by atoms with Gasteiger partial charge in [-0.3, -0.25) is 9.13 Å². The molecule has 8 aromatic carbocycles. The summed E-state index contributed by atoms with van der Waals surface area (Å²) in [7, 11) is 3.64. The Labute approximate surface area is 324 Å². The van der Waals surface area contributed by atoms with Gasteiger partial charge in [-0.25, -0.2) is 14.8 Å².